The molecular weight excluding hydrogens is 401 g/mol. The fourth-order valence-corrected chi connectivity index (χ4v) is 2.65. The third-order valence-corrected chi connectivity index (χ3v) is 4.28. The molecule has 3 N–H and O–H groups in total. The van der Waals surface area contributed by atoms with Gasteiger partial charge in [0.05, 0.1) is 12.7 Å². The molecule has 0 fully saturated rings. The van der Waals surface area contributed by atoms with Crippen molar-refractivity contribution in [1.82, 2.24) is 16.2 Å². The van der Waals surface area contributed by atoms with E-state index in [2.05, 4.69) is 16.2 Å². The van der Waals surface area contributed by atoms with Gasteiger partial charge in [-0.2, -0.15) is 0 Å². The molecule has 0 heterocycles. The van der Waals surface area contributed by atoms with Gasteiger partial charge in [-0.15, -0.1) is 0 Å². The van der Waals surface area contributed by atoms with E-state index in [1.54, 1.807) is 19.9 Å². The predicted octanol–water partition coefficient (Wildman–Crippen LogP) is 2.70. The van der Waals surface area contributed by atoms with Crippen LogP contribution in [0, 0.1) is 11.7 Å². The first-order valence-electron chi connectivity index (χ1n) is 8.73. The lowest BCUT2D eigenvalue weighted by Crippen LogP contribution is -2.54. The molecule has 9 heteroatoms. The molecule has 3 amide bonds. The van der Waals surface area contributed by atoms with Gasteiger partial charge in [0.25, 0.3) is 17.7 Å². The summed E-state index contributed by atoms with van der Waals surface area (Å²) in [6.45, 7) is 3.47. The molecule has 0 aliphatic heterocycles. The minimum absolute atomic E-state index is 0.136. The summed E-state index contributed by atoms with van der Waals surface area (Å²) in [6.07, 6.45) is 0. The normalized spacial score (nSPS) is 11.5. The summed E-state index contributed by atoms with van der Waals surface area (Å²) in [7, 11) is 1.40. The number of amides is 3. The van der Waals surface area contributed by atoms with Crippen LogP contribution < -0.4 is 20.9 Å². The van der Waals surface area contributed by atoms with Gasteiger partial charge in [0, 0.05) is 10.6 Å². The lowest BCUT2D eigenvalue weighted by atomic mass is 10.0. The fraction of sp³-hybridized carbons (Fsp3) is 0.250. The second-order valence-corrected chi connectivity index (χ2v) is 6.93. The maximum absolute atomic E-state index is 13.0. The maximum atomic E-state index is 13.0. The largest absolute Gasteiger partial charge is 0.496 e. The van der Waals surface area contributed by atoms with Gasteiger partial charge in [0.15, 0.2) is 0 Å². The zero-order valence-corrected chi connectivity index (χ0v) is 16.8. The highest BCUT2D eigenvalue weighted by molar-refractivity contribution is 6.31. The van der Waals surface area contributed by atoms with Gasteiger partial charge in [0.2, 0.25) is 0 Å². The fourth-order valence-electron chi connectivity index (χ4n) is 2.48. The molecule has 2 aromatic rings. The van der Waals surface area contributed by atoms with Gasteiger partial charge < -0.3 is 10.1 Å². The third kappa shape index (κ3) is 5.92. The van der Waals surface area contributed by atoms with Crippen LogP contribution in [0.2, 0.25) is 5.02 Å². The van der Waals surface area contributed by atoms with Crippen molar-refractivity contribution >= 4 is 29.3 Å². The van der Waals surface area contributed by atoms with Crippen LogP contribution in [-0.2, 0) is 4.79 Å². The Morgan fingerprint density at radius 2 is 1.66 bits per heavy atom. The highest BCUT2D eigenvalue weighted by Crippen LogP contribution is 2.22. The van der Waals surface area contributed by atoms with Crippen LogP contribution in [0.4, 0.5) is 4.39 Å². The SMILES string of the molecule is COc1ccc(Cl)cc1C(=O)NNC(=O)C(NC(=O)c1ccc(F)cc1)C(C)C. The van der Waals surface area contributed by atoms with E-state index < -0.39 is 29.6 Å². The summed E-state index contributed by atoms with van der Waals surface area (Å²) in [4.78, 5) is 37.2. The molecule has 7 nitrogen and oxygen atoms in total. The van der Waals surface area contributed by atoms with E-state index in [9.17, 15) is 18.8 Å². The van der Waals surface area contributed by atoms with Crippen LogP contribution in [0.25, 0.3) is 0 Å². The van der Waals surface area contributed by atoms with E-state index in [1.165, 1.54) is 31.4 Å². The summed E-state index contributed by atoms with van der Waals surface area (Å²) in [5.74, 6) is -2.27. The number of halogens is 2. The number of hydrazine groups is 1. The van der Waals surface area contributed by atoms with E-state index in [0.717, 1.165) is 12.1 Å². The molecule has 154 valence electrons. The number of ether oxygens (including phenoxy) is 1. The summed E-state index contributed by atoms with van der Waals surface area (Å²) in [5, 5.41) is 2.90. The van der Waals surface area contributed by atoms with Gasteiger partial charge >= 0.3 is 0 Å². The Bertz CT molecular complexity index is 903. The summed E-state index contributed by atoms with van der Waals surface area (Å²) < 4.78 is 18.1. The second kappa shape index (κ2) is 9.88. The number of methoxy groups -OCH3 is 1. The van der Waals surface area contributed by atoms with Crippen LogP contribution in [0.1, 0.15) is 34.6 Å². The van der Waals surface area contributed by atoms with Crippen molar-refractivity contribution in [3.05, 3.63) is 64.4 Å². The second-order valence-electron chi connectivity index (χ2n) is 6.49. The first-order chi connectivity index (χ1) is 13.7. The monoisotopic (exact) mass is 421 g/mol. The molecule has 0 bridgehead atoms. The van der Waals surface area contributed by atoms with Crippen molar-refractivity contribution < 1.29 is 23.5 Å². The summed E-state index contributed by atoms with van der Waals surface area (Å²) in [5.41, 5.74) is 4.91. The van der Waals surface area contributed by atoms with E-state index in [4.69, 9.17) is 16.3 Å². The number of carbonyl (C=O) groups excluding carboxylic acids is 3. The molecule has 0 saturated carbocycles. The van der Waals surface area contributed by atoms with Gasteiger partial charge in [-0.05, 0) is 48.4 Å². The van der Waals surface area contributed by atoms with Crippen LogP contribution in [0.15, 0.2) is 42.5 Å². The van der Waals surface area contributed by atoms with Crippen molar-refractivity contribution in [2.75, 3.05) is 7.11 Å². The molecule has 1 atom stereocenters. The van der Waals surface area contributed by atoms with E-state index in [-0.39, 0.29) is 22.8 Å². The molecule has 0 aliphatic carbocycles. The number of nitrogens with one attached hydrogen (secondary N) is 3. The Labute approximate surface area is 172 Å². The van der Waals surface area contributed by atoms with Crippen LogP contribution in [0.3, 0.4) is 0 Å². The Hall–Kier alpha value is -3.13. The first-order valence-corrected chi connectivity index (χ1v) is 9.11. The number of carbonyl (C=O) groups is 3. The lowest BCUT2D eigenvalue weighted by Gasteiger charge is -2.22. The molecule has 2 rings (SSSR count). The standard InChI is InChI=1S/C20H21ClFN3O4/c1-11(2)17(23-18(26)12-4-7-14(22)8-5-12)20(28)25-24-19(27)15-10-13(21)6-9-16(15)29-3/h4-11,17H,1-3H3,(H,23,26)(H,24,27)(H,25,28). The zero-order valence-electron chi connectivity index (χ0n) is 16.1. The maximum Gasteiger partial charge on any atom is 0.273 e. The van der Waals surface area contributed by atoms with E-state index in [0.29, 0.717) is 5.02 Å². The van der Waals surface area contributed by atoms with Crippen molar-refractivity contribution in [3.8, 4) is 5.75 Å². The highest BCUT2D eigenvalue weighted by atomic mass is 35.5. The van der Waals surface area contributed by atoms with E-state index >= 15 is 0 Å². The number of hydrogen-bond donors (Lipinski definition) is 3. The first kappa shape index (κ1) is 22.2. The smallest absolute Gasteiger partial charge is 0.273 e. The highest BCUT2D eigenvalue weighted by Gasteiger charge is 2.25. The number of hydrogen-bond acceptors (Lipinski definition) is 4. The minimum atomic E-state index is -0.936. The van der Waals surface area contributed by atoms with Gasteiger partial charge in [-0.1, -0.05) is 25.4 Å². The Morgan fingerprint density at radius 3 is 2.24 bits per heavy atom. The average Bonchev–Trinajstić information content (AvgIpc) is 2.70. The molecule has 0 aliphatic rings. The summed E-state index contributed by atoms with van der Waals surface area (Å²) >= 11 is 5.90. The number of benzene rings is 2. The molecule has 0 spiro atoms. The molecule has 0 radical (unpaired) electrons. The van der Waals surface area contributed by atoms with Crippen molar-refractivity contribution in [2.24, 2.45) is 5.92 Å². The zero-order chi connectivity index (χ0) is 21.6. The molecular formula is C20H21ClFN3O4. The Balaban J connectivity index is 2.04. The van der Waals surface area contributed by atoms with Crippen LogP contribution >= 0.6 is 11.6 Å². The molecule has 0 aromatic heterocycles. The Kier molecular flexibility index (Phi) is 7.55. The van der Waals surface area contributed by atoms with Crippen molar-refractivity contribution in [2.45, 2.75) is 19.9 Å². The van der Waals surface area contributed by atoms with Crippen LogP contribution in [0.5, 0.6) is 5.75 Å². The lowest BCUT2D eigenvalue weighted by molar-refractivity contribution is -0.124. The molecule has 1 unspecified atom stereocenters. The molecule has 2 aromatic carbocycles. The van der Waals surface area contributed by atoms with Gasteiger partial charge in [-0.3, -0.25) is 25.2 Å². The van der Waals surface area contributed by atoms with E-state index in [1.807, 2.05) is 0 Å². The quantitative estimate of drug-likeness (QED) is 0.625. The molecule has 29 heavy (non-hydrogen) atoms. The van der Waals surface area contributed by atoms with Crippen molar-refractivity contribution in [1.29, 1.82) is 0 Å². The topological polar surface area (TPSA) is 96.5 Å². The average molecular weight is 422 g/mol. The minimum Gasteiger partial charge on any atom is -0.496 e. The van der Waals surface area contributed by atoms with Gasteiger partial charge in [-0.25, -0.2) is 4.39 Å². The summed E-state index contributed by atoms with van der Waals surface area (Å²) in [6, 6.07) is 8.48. The van der Waals surface area contributed by atoms with Crippen LogP contribution in [-0.4, -0.2) is 30.9 Å². The Morgan fingerprint density at radius 1 is 1.00 bits per heavy atom. The van der Waals surface area contributed by atoms with Gasteiger partial charge in [0.1, 0.15) is 17.6 Å². The number of rotatable bonds is 6. The third-order valence-electron chi connectivity index (χ3n) is 4.05. The molecule has 0 saturated heterocycles. The van der Waals surface area contributed by atoms with Crippen molar-refractivity contribution in [3.63, 3.8) is 0 Å². The predicted molar refractivity (Wildman–Crippen MR) is 106 cm³/mol.